The molecular formula is C48H47Cl3F2N14O4S2. The smallest absolute Gasteiger partial charge is 0.306 e. The molecule has 10 rings (SSSR count). The fourth-order valence-corrected chi connectivity index (χ4v) is 10.9. The van der Waals surface area contributed by atoms with Crippen molar-refractivity contribution < 1.29 is 26.8 Å². The van der Waals surface area contributed by atoms with Gasteiger partial charge in [0, 0.05) is 72.2 Å². The van der Waals surface area contributed by atoms with Crippen LogP contribution in [0.25, 0.3) is 33.3 Å². The van der Waals surface area contributed by atoms with E-state index in [1.54, 1.807) is 59.9 Å². The second kappa shape index (κ2) is 22.5. The molecule has 73 heavy (non-hydrogen) atoms. The summed E-state index contributed by atoms with van der Waals surface area (Å²) < 4.78 is 72.0. The molecule has 25 heteroatoms. The van der Waals surface area contributed by atoms with E-state index in [-0.39, 0.29) is 43.8 Å². The molecule has 0 spiro atoms. The second-order valence-electron chi connectivity index (χ2n) is 17.2. The molecule has 5 aromatic heterocycles. The number of carbonyl (C=O) groups excluding carboxylic acids is 2. The van der Waals surface area contributed by atoms with Crippen LogP contribution in [-0.2, 0) is 46.6 Å². The van der Waals surface area contributed by atoms with Gasteiger partial charge in [-0.05, 0) is 153 Å². The maximum atomic E-state index is 14.7. The van der Waals surface area contributed by atoms with Gasteiger partial charge in [-0.15, -0.1) is 5.10 Å². The van der Waals surface area contributed by atoms with E-state index in [4.69, 9.17) is 39.8 Å². The van der Waals surface area contributed by atoms with Gasteiger partial charge in [0.25, 0.3) is 0 Å². The number of halogens is 5. The molecule has 4 amide bonds. The molecule has 3 aromatic carbocycles. The first-order valence-corrected chi connectivity index (χ1v) is 26.5. The van der Waals surface area contributed by atoms with E-state index in [0.29, 0.717) is 70.4 Å². The summed E-state index contributed by atoms with van der Waals surface area (Å²) in [5.41, 5.74) is 7.64. The minimum Gasteiger partial charge on any atom is -0.306 e. The molecular weight excluding hydrogens is 1050 g/mol. The molecule has 0 bridgehead atoms. The zero-order valence-corrected chi connectivity index (χ0v) is 43.4. The van der Waals surface area contributed by atoms with Crippen molar-refractivity contribution in [1.82, 2.24) is 53.5 Å². The number of nitrogens with zero attached hydrogens (tertiary/aromatic N) is 9. The number of aromatic nitrogens is 9. The number of amides is 4. The van der Waals surface area contributed by atoms with Gasteiger partial charge in [0.2, 0.25) is 0 Å². The van der Waals surface area contributed by atoms with Crippen molar-refractivity contribution in [2.75, 3.05) is 10.6 Å². The summed E-state index contributed by atoms with van der Waals surface area (Å²) in [5.74, 6) is -0.620. The van der Waals surface area contributed by atoms with Crippen LogP contribution < -0.4 is 20.1 Å². The minimum atomic E-state index is -3.83. The Labute approximate surface area is 436 Å². The average molecular weight is 1090 g/mol. The number of anilines is 2. The van der Waals surface area contributed by atoms with Gasteiger partial charge in [0.15, 0.2) is 31.0 Å². The number of urea groups is 2. The zero-order valence-electron chi connectivity index (χ0n) is 39.5. The fraction of sp³-hybridized carbons (Fsp3) is 0.250. The van der Waals surface area contributed by atoms with Gasteiger partial charge in [0.05, 0.1) is 21.4 Å². The Morgan fingerprint density at radius 1 is 0.726 bits per heavy atom. The molecule has 18 nitrogen and oxygen atoms in total. The Kier molecular flexibility index (Phi) is 16.2. The third kappa shape index (κ3) is 11.8. The summed E-state index contributed by atoms with van der Waals surface area (Å²) in [5, 5.41) is 21.3. The van der Waals surface area contributed by atoms with Gasteiger partial charge in [-0.25, -0.2) is 36.3 Å². The quantitative estimate of drug-likeness (QED) is 0.0869. The molecule has 0 radical (unpaired) electrons. The monoisotopic (exact) mass is 1090 g/mol. The number of hydrogen-bond donors (Lipinski definition) is 5. The summed E-state index contributed by atoms with van der Waals surface area (Å²) in [4.78, 5) is 33.5. The van der Waals surface area contributed by atoms with Crippen molar-refractivity contribution in [2.45, 2.75) is 88.4 Å². The molecule has 8 aromatic rings. The highest BCUT2D eigenvalue weighted by Crippen LogP contribution is 2.41. The van der Waals surface area contributed by atoms with E-state index in [1.165, 1.54) is 27.2 Å². The standard InChI is InChI=1S/C21H22ClFN6O2S.C21H21ClFN5O2S.C6H4ClN3/c1-12(2)29-11-17(22)20(27-29)32(24,31)28-21(30)26-19-15-5-3-4-14(15)18(23)10-16(19)13-6-8-25-9-7-13;1-12(2)28-11-17(22)20(26-28)31(30)27-21(29)25-19-15-5-3-4-14(15)18(23)10-16(19)13-6-8-24-9-7-13;7-10-6-4-2-1-3-5(6)8-9-10/h6-12H,3-5H2,1-2H3,(H3,24,26,28,30,31);6-12H,3-5H2,1-2H3,(H2,25,27,29);1-4H. The van der Waals surface area contributed by atoms with Crippen molar-refractivity contribution in [1.29, 1.82) is 4.78 Å². The Balaban J connectivity index is 0.000000163. The van der Waals surface area contributed by atoms with Crippen LogP contribution in [0.15, 0.2) is 108 Å². The molecule has 2 atom stereocenters. The lowest BCUT2D eigenvalue weighted by Crippen LogP contribution is -2.34. The lowest BCUT2D eigenvalue weighted by Gasteiger charge is -2.17. The number of benzene rings is 3. The van der Waals surface area contributed by atoms with Crippen LogP contribution in [0.3, 0.4) is 0 Å². The maximum absolute atomic E-state index is 14.7. The fourth-order valence-electron chi connectivity index (χ4n) is 8.25. The number of fused-ring (bicyclic) bond motifs is 3. The highest BCUT2D eigenvalue weighted by Gasteiger charge is 2.28. The highest BCUT2D eigenvalue weighted by atomic mass is 35.5. The Morgan fingerprint density at radius 2 is 1.22 bits per heavy atom. The SMILES string of the molecule is CC(C)n1cc(Cl)c(S(=N)(=O)NC(=O)Nc2c(-c3ccncc3)cc(F)c3c2CCC3)n1.CC(C)n1cc(Cl)c(S(=O)NC(=O)Nc2c(-c3ccncc3)cc(F)c3c2CCC3)n1.Cln1nnc2ccccc21. The van der Waals surface area contributed by atoms with Crippen molar-refractivity contribution in [2.24, 2.45) is 0 Å². The molecule has 5 heterocycles. The summed E-state index contributed by atoms with van der Waals surface area (Å²) in [6, 6.07) is 15.7. The van der Waals surface area contributed by atoms with Crippen LogP contribution in [0, 0.1) is 16.4 Å². The van der Waals surface area contributed by atoms with Gasteiger partial charge in [-0.2, -0.15) is 14.4 Å². The Hall–Kier alpha value is -6.85. The molecule has 2 aliphatic rings. The van der Waals surface area contributed by atoms with Crippen molar-refractivity contribution in [3.8, 4) is 22.3 Å². The van der Waals surface area contributed by atoms with Crippen LogP contribution in [0.4, 0.5) is 29.7 Å². The third-order valence-corrected chi connectivity index (χ3v) is 15.1. The van der Waals surface area contributed by atoms with Crippen LogP contribution >= 0.6 is 35.0 Å². The van der Waals surface area contributed by atoms with Crippen LogP contribution in [-0.4, -0.2) is 64.5 Å². The molecule has 5 N–H and O–H groups in total. The van der Waals surface area contributed by atoms with E-state index < -0.39 is 33.0 Å². The van der Waals surface area contributed by atoms with Gasteiger partial charge in [-0.1, -0.05) is 35.3 Å². The Morgan fingerprint density at radius 3 is 1.73 bits per heavy atom. The van der Waals surface area contributed by atoms with Crippen LogP contribution in [0.2, 0.25) is 10.0 Å². The molecule has 0 fully saturated rings. The predicted molar refractivity (Wildman–Crippen MR) is 277 cm³/mol. The normalized spacial score (nSPS) is 13.8. The number of rotatable bonds is 10. The van der Waals surface area contributed by atoms with Gasteiger partial charge in [0.1, 0.15) is 22.7 Å². The van der Waals surface area contributed by atoms with E-state index in [1.807, 2.05) is 52.0 Å². The minimum absolute atomic E-state index is 0.0270. The zero-order chi connectivity index (χ0) is 52.1. The molecule has 0 saturated heterocycles. The number of nitrogens with one attached hydrogen (secondary N) is 5. The molecule has 2 aliphatic carbocycles. The lowest BCUT2D eigenvalue weighted by molar-refractivity contribution is 0.256. The summed E-state index contributed by atoms with van der Waals surface area (Å²) in [7, 11) is -5.79. The first-order chi connectivity index (χ1) is 34.9. The average Bonchev–Trinajstić information content (AvgIpc) is 4.23. The van der Waals surface area contributed by atoms with Gasteiger partial charge >= 0.3 is 12.1 Å². The molecule has 2 unspecified atom stereocenters. The largest absolute Gasteiger partial charge is 0.332 e. The number of pyridine rings is 2. The maximum Gasteiger partial charge on any atom is 0.332 e. The van der Waals surface area contributed by atoms with E-state index in [0.717, 1.165) is 35.0 Å². The first-order valence-electron chi connectivity index (χ1n) is 22.7. The summed E-state index contributed by atoms with van der Waals surface area (Å²) in [6.45, 7) is 7.53. The van der Waals surface area contributed by atoms with Crippen molar-refractivity contribution in [3.63, 3.8) is 0 Å². The first kappa shape index (κ1) is 52.5. The second-order valence-corrected chi connectivity index (χ2v) is 21.2. The third-order valence-electron chi connectivity index (χ3n) is 11.7. The lowest BCUT2D eigenvalue weighted by atomic mass is 9.97. The van der Waals surface area contributed by atoms with Crippen molar-refractivity contribution in [3.05, 3.63) is 142 Å². The summed E-state index contributed by atoms with van der Waals surface area (Å²) >= 11 is 17.9. The van der Waals surface area contributed by atoms with Crippen LogP contribution in [0.5, 0.6) is 0 Å². The number of para-hydroxylation sites is 1. The van der Waals surface area contributed by atoms with Crippen LogP contribution in [0.1, 0.15) is 74.9 Å². The number of carbonyl (C=O) groups is 2. The van der Waals surface area contributed by atoms with Crippen molar-refractivity contribution >= 4 is 90.3 Å². The van der Waals surface area contributed by atoms with E-state index in [9.17, 15) is 26.8 Å². The predicted octanol–water partition coefficient (Wildman–Crippen LogP) is 11.0. The highest BCUT2D eigenvalue weighted by molar-refractivity contribution is 7.91. The summed E-state index contributed by atoms with van der Waals surface area (Å²) in [6.07, 6.45) is 13.4. The van der Waals surface area contributed by atoms with Gasteiger partial charge in [-0.3, -0.25) is 24.1 Å². The molecule has 0 aliphatic heterocycles. The number of hydrogen-bond acceptors (Lipinski definition) is 11. The van der Waals surface area contributed by atoms with E-state index in [2.05, 4.69) is 50.6 Å². The molecule has 380 valence electrons. The Bertz CT molecular complexity index is 3490. The van der Waals surface area contributed by atoms with E-state index >= 15 is 0 Å². The van der Waals surface area contributed by atoms with Gasteiger partial charge < -0.3 is 10.6 Å². The topological polar surface area (TPSA) is 232 Å². The molecule has 0 saturated carbocycles.